The second kappa shape index (κ2) is 10.2. The Kier molecular flexibility index (Phi) is 6.62. The number of aliphatic carboxylic acids is 1. The summed E-state index contributed by atoms with van der Waals surface area (Å²) in [6, 6.07) is 28.8. The number of hydrazone groups is 1. The third-order valence-electron chi connectivity index (χ3n) is 6.86. The zero-order valence-electron chi connectivity index (χ0n) is 20.5. The van der Waals surface area contributed by atoms with E-state index in [9.17, 15) is 19.5 Å². The number of hydrogen-bond donors (Lipinski definition) is 2. The molecule has 3 N–H and O–H groups in total. The summed E-state index contributed by atoms with van der Waals surface area (Å²) in [5.74, 6) is 3.56. The van der Waals surface area contributed by atoms with Gasteiger partial charge in [0.05, 0.1) is 19.2 Å². The Balaban J connectivity index is 1.58. The van der Waals surface area contributed by atoms with Crippen molar-refractivity contribution in [2.24, 2.45) is 10.9 Å². The van der Waals surface area contributed by atoms with Gasteiger partial charge < -0.3 is 15.8 Å². The van der Waals surface area contributed by atoms with Gasteiger partial charge in [-0.1, -0.05) is 84.9 Å². The first kappa shape index (κ1) is 24.7. The van der Waals surface area contributed by atoms with Crippen molar-refractivity contribution in [3.8, 4) is 0 Å². The van der Waals surface area contributed by atoms with Crippen LogP contribution in [0.2, 0.25) is 0 Å². The molecule has 3 amide bonds. The summed E-state index contributed by atoms with van der Waals surface area (Å²) < 4.78 is 0. The molecule has 1 atom stereocenters. The van der Waals surface area contributed by atoms with Gasteiger partial charge in [-0.3, -0.25) is 14.5 Å². The average Bonchev–Trinajstić information content (AvgIpc) is 3.11. The second-order valence-corrected chi connectivity index (χ2v) is 9.26. The minimum Gasteiger partial charge on any atom is -0.481 e. The number of urea groups is 1. The Labute approximate surface area is 219 Å². The monoisotopic (exact) mass is 506 g/mol. The van der Waals surface area contributed by atoms with Crippen molar-refractivity contribution in [1.29, 1.82) is 0 Å². The van der Waals surface area contributed by atoms with Crippen LogP contribution in [0.1, 0.15) is 28.7 Å². The van der Waals surface area contributed by atoms with Crippen LogP contribution in [0.25, 0.3) is 10.8 Å². The molecule has 0 aliphatic carbocycles. The van der Waals surface area contributed by atoms with Crippen LogP contribution >= 0.6 is 0 Å². The summed E-state index contributed by atoms with van der Waals surface area (Å²) in [6.07, 6.45) is 0.992. The van der Waals surface area contributed by atoms with Crippen molar-refractivity contribution in [1.82, 2.24) is 9.80 Å². The van der Waals surface area contributed by atoms with E-state index in [4.69, 9.17) is 5.84 Å². The van der Waals surface area contributed by atoms with Gasteiger partial charge in [-0.2, -0.15) is 5.10 Å². The Morgan fingerprint density at radius 2 is 1.53 bits per heavy atom. The number of hydrogen-bond acceptors (Lipinski definition) is 5. The Morgan fingerprint density at radius 3 is 2.21 bits per heavy atom. The maximum absolute atomic E-state index is 14.2. The molecule has 38 heavy (non-hydrogen) atoms. The summed E-state index contributed by atoms with van der Waals surface area (Å²) in [6.45, 7) is 0.0892. The van der Waals surface area contributed by atoms with Gasteiger partial charge in [0.25, 0.3) is 5.91 Å². The van der Waals surface area contributed by atoms with Crippen LogP contribution in [0.15, 0.2) is 102 Å². The van der Waals surface area contributed by atoms with E-state index < -0.39 is 29.9 Å². The van der Waals surface area contributed by atoms with Gasteiger partial charge in [-0.15, -0.1) is 0 Å². The van der Waals surface area contributed by atoms with Crippen molar-refractivity contribution in [2.75, 3.05) is 0 Å². The van der Waals surface area contributed by atoms with Crippen LogP contribution in [-0.4, -0.2) is 39.0 Å². The molecule has 1 heterocycles. The highest BCUT2D eigenvalue weighted by Gasteiger charge is 2.59. The lowest BCUT2D eigenvalue weighted by atomic mass is 9.84. The Morgan fingerprint density at radius 1 is 0.842 bits per heavy atom. The lowest BCUT2D eigenvalue weighted by Gasteiger charge is -2.34. The van der Waals surface area contributed by atoms with E-state index in [-0.39, 0.29) is 13.1 Å². The van der Waals surface area contributed by atoms with Crippen LogP contribution in [0.4, 0.5) is 4.79 Å². The molecular weight excluding hydrogens is 480 g/mol. The minimum absolute atomic E-state index is 0.00229. The topological polar surface area (TPSA) is 116 Å². The second-order valence-electron chi connectivity index (χ2n) is 9.26. The number of carboxylic acids is 1. The van der Waals surface area contributed by atoms with Gasteiger partial charge in [0.15, 0.2) is 5.54 Å². The largest absolute Gasteiger partial charge is 0.481 e. The van der Waals surface area contributed by atoms with Crippen molar-refractivity contribution in [2.45, 2.75) is 25.0 Å². The first-order chi connectivity index (χ1) is 18.4. The predicted octanol–water partition coefficient (Wildman–Crippen LogP) is 4.47. The Bertz CT molecular complexity index is 1540. The fraction of sp³-hybridized carbons (Fsp3) is 0.133. The summed E-state index contributed by atoms with van der Waals surface area (Å²) in [7, 11) is 0. The highest BCUT2D eigenvalue weighted by atomic mass is 16.4. The van der Waals surface area contributed by atoms with Gasteiger partial charge in [-0.05, 0) is 45.2 Å². The molecule has 8 heteroatoms. The van der Waals surface area contributed by atoms with Gasteiger partial charge in [0, 0.05) is 6.54 Å². The number of benzene rings is 4. The van der Waals surface area contributed by atoms with E-state index in [2.05, 4.69) is 5.10 Å². The number of carboxylic acid groups (broad SMARTS) is 1. The molecule has 4 aromatic carbocycles. The number of imide groups is 1. The molecule has 5 rings (SSSR count). The number of fused-ring (bicyclic) bond motifs is 1. The lowest BCUT2D eigenvalue weighted by molar-refractivity contribution is -0.146. The van der Waals surface area contributed by atoms with E-state index in [0.29, 0.717) is 5.56 Å². The third kappa shape index (κ3) is 4.48. The number of nitrogens with two attached hydrogens (primary N) is 1. The average molecular weight is 507 g/mol. The van der Waals surface area contributed by atoms with Crippen LogP contribution < -0.4 is 5.84 Å². The number of amides is 3. The van der Waals surface area contributed by atoms with Crippen LogP contribution in [0.3, 0.4) is 0 Å². The van der Waals surface area contributed by atoms with Gasteiger partial charge >= 0.3 is 12.0 Å². The summed E-state index contributed by atoms with van der Waals surface area (Å²) in [5, 5.41) is 15.4. The molecule has 4 aromatic rings. The molecule has 8 nitrogen and oxygen atoms in total. The molecule has 0 saturated carbocycles. The zero-order chi connectivity index (χ0) is 26.7. The molecule has 1 saturated heterocycles. The Hall–Kier alpha value is -4.98. The van der Waals surface area contributed by atoms with Gasteiger partial charge in [0.2, 0.25) is 0 Å². The van der Waals surface area contributed by atoms with Crippen LogP contribution in [-0.2, 0) is 28.2 Å². The van der Waals surface area contributed by atoms with E-state index in [1.165, 1.54) is 4.90 Å². The first-order valence-electron chi connectivity index (χ1n) is 12.1. The van der Waals surface area contributed by atoms with Crippen LogP contribution in [0.5, 0.6) is 0 Å². The molecule has 1 aliphatic heterocycles. The molecule has 0 spiro atoms. The van der Waals surface area contributed by atoms with Crippen molar-refractivity contribution in [3.05, 3.63) is 119 Å². The molecule has 1 unspecified atom stereocenters. The standard InChI is InChI=1S/C30H26N4O4/c31-32-18-22-11-13-24-14-12-23(16-25(24)15-22)19-33-28(37)30(17-27(35)36,26-9-5-2-6-10-26)34(29(33)38)20-21-7-3-1-4-8-21/h1-16,18H,17,19-20,31H2,(H,35,36). The number of carbonyl (C=O) groups excluding carboxylic acids is 2. The summed E-state index contributed by atoms with van der Waals surface area (Å²) in [4.78, 5) is 42.8. The SMILES string of the molecule is NN=Cc1ccc2ccc(CN3C(=O)N(Cc4ccccc4)C(CC(=O)O)(c4ccccc4)C3=O)cc2c1. The maximum Gasteiger partial charge on any atom is 0.328 e. The van der Waals surface area contributed by atoms with Gasteiger partial charge in [-0.25, -0.2) is 4.79 Å². The fourth-order valence-corrected chi connectivity index (χ4v) is 5.09. The predicted molar refractivity (Wildman–Crippen MR) is 144 cm³/mol. The molecular formula is C30H26N4O4. The molecule has 0 aromatic heterocycles. The summed E-state index contributed by atoms with van der Waals surface area (Å²) >= 11 is 0. The zero-order valence-corrected chi connectivity index (χ0v) is 20.5. The first-order valence-corrected chi connectivity index (χ1v) is 12.1. The van der Waals surface area contributed by atoms with Crippen molar-refractivity contribution in [3.63, 3.8) is 0 Å². The highest BCUT2D eigenvalue weighted by Crippen LogP contribution is 2.42. The molecule has 0 bridgehead atoms. The number of nitrogens with zero attached hydrogens (tertiary/aromatic N) is 3. The lowest BCUT2D eigenvalue weighted by Crippen LogP contribution is -2.48. The van der Waals surface area contributed by atoms with Gasteiger partial charge in [0.1, 0.15) is 0 Å². The number of carbonyl (C=O) groups is 3. The van der Waals surface area contributed by atoms with Crippen LogP contribution in [0, 0.1) is 0 Å². The third-order valence-corrected chi connectivity index (χ3v) is 6.86. The molecule has 190 valence electrons. The fourth-order valence-electron chi connectivity index (χ4n) is 5.09. The van der Waals surface area contributed by atoms with E-state index >= 15 is 0 Å². The highest BCUT2D eigenvalue weighted by molar-refractivity contribution is 6.09. The summed E-state index contributed by atoms with van der Waals surface area (Å²) in [5.41, 5.74) is 1.13. The molecule has 0 radical (unpaired) electrons. The molecule has 1 fully saturated rings. The maximum atomic E-state index is 14.2. The minimum atomic E-state index is -1.68. The number of rotatable bonds is 8. The smallest absolute Gasteiger partial charge is 0.328 e. The van der Waals surface area contributed by atoms with E-state index in [1.54, 1.807) is 36.5 Å². The van der Waals surface area contributed by atoms with Crippen molar-refractivity contribution >= 4 is 34.9 Å². The van der Waals surface area contributed by atoms with Crippen molar-refractivity contribution < 1.29 is 19.5 Å². The normalized spacial score (nSPS) is 17.6. The quantitative estimate of drug-likeness (QED) is 0.158. The van der Waals surface area contributed by atoms with E-state index in [0.717, 1.165) is 32.4 Å². The van der Waals surface area contributed by atoms with E-state index in [1.807, 2.05) is 66.7 Å². The molecule has 1 aliphatic rings.